The number of aliphatic hydroxyl groups is 1. The number of hydrogen-bond donors (Lipinski definition) is 1. The van der Waals surface area contributed by atoms with Crippen molar-refractivity contribution in [3.05, 3.63) is 34.4 Å². The molecule has 0 bridgehead atoms. The molecule has 1 atom stereocenters. The van der Waals surface area contributed by atoms with E-state index in [9.17, 15) is 15.2 Å². The normalized spacial score (nSPS) is 12.1. The standard InChI is InChI=1S/C12H17NO4/c1-2-3-4-11(14)9-17-12-7-5-10(6-8-12)13(15)16/h5-8,11,14H,2-4,9H2,1H3/t11-/m1/s1. The number of aliphatic hydroxyl groups excluding tert-OH is 1. The molecule has 17 heavy (non-hydrogen) atoms. The number of nitrogens with zero attached hydrogens (tertiary/aromatic N) is 1. The van der Waals surface area contributed by atoms with Gasteiger partial charge in [-0.1, -0.05) is 19.8 Å². The first-order chi connectivity index (χ1) is 8.13. The number of unbranched alkanes of at least 4 members (excludes halogenated alkanes) is 1. The molecule has 0 aliphatic carbocycles. The molecule has 5 heteroatoms. The molecule has 0 fully saturated rings. The number of nitro benzene ring substituents is 1. The average molecular weight is 239 g/mol. The van der Waals surface area contributed by atoms with Gasteiger partial charge in [-0.3, -0.25) is 10.1 Å². The van der Waals surface area contributed by atoms with Crippen molar-refractivity contribution in [1.29, 1.82) is 0 Å². The van der Waals surface area contributed by atoms with E-state index >= 15 is 0 Å². The fourth-order valence-corrected chi connectivity index (χ4v) is 1.38. The molecule has 1 N–H and O–H groups in total. The van der Waals surface area contributed by atoms with Crippen LogP contribution in [0.1, 0.15) is 26.2 Å². The molecule has 0 radical (unpaired) electrons. The third-order valence-electron chi connectivity index (χ3n) is 2.38. The average Bonchev–Trinajstić information content (AvgIpc) is 2.34. The van der Waals surface area contributed by atoms with Crippen LogP contribution >= 0.6 is 0 Å². The van der Waals surface area contributed by atoms with Gasteiger partial charge in [0.2, 0.25) is 0 Å². The van der Waals surface area contributed by atoms with E-state index in [0.29, 0.717) is 12.2 Å². The predicted molar refractivity (Wildman–Crippen MR) is 64.1 cm³/mol. The summed E-state index contributed by atoms with van der Waals surface area (Å²) < 4.78 is 5.33. The Morgan fingerprint density at radius 3 is 2.59 bits per heavy atom. The first-order valence-electron chi connectivity index (χ1n) is 5.68. The fraction of sp³-hybridized carbons (Fsp3) is 0.500. The maximum atomic E-state index is 10.4. The summed E-state index contributed by atoms with van der Waals surface area (Å²) in [5.41, 5.74) is 0.0314. The third kappa shape index (κ3) is 4.82. The van der Waals surface area contributed by atoms with Crippen LogP contribution in [0.4, 0.5) is 5.69 Å². The lowest BCUT2D eigenvalue weighted by Crippen LogP contribution is -2.17. The zero-order valence-electron chi connectivity index (χ0n) is 9.83. The summed E-state index contributed by atoms with van der Waals surface area (Å²) in [6.07, 6.45) is 2.23. The van der Waals surface area contributed by atoms with Crippen LogP contribution in [-0.4, -0.2) is 22.7 Å². The first kappa shape index (κ1) is 13.4. The largest absolute Gasteiger partial charge is 0.491 e. The quantitative estimate of drug-likeness (QED) is 0.586. The van der Waals surface area contributed by atoms with Crippen LogP contribution in [0.2, 0.25) is 0 Å². The minimum Gasteiger partial charge on any atom is -0.491 e. The molecule has 94 valence electrons. The van der Waals surface area contributed by atoms with Crippen LogP contribution in [-0.2, 0) is 0 Å². The third-order valence-corrected chi connectivity index (χ3v) is 2.38. The minimum absolute atomic E-state index is 0.0314. The Hall–Kier alpha value is -1.62. The molecule has 0 aliphatic heterocycles. The SMILES string of the molecule is CCCC[C@@H](O)COc1ccc([N+](=O)[O-])cc1. The topological polar surface area (TPSA) is 72.6 Å². The Kier molecular flexibility index (Phi) is 5.42. The molecule has 0 aromatic heterocycles. The zero-order chi connectivity index (χ0) is 12.7. The molecule has 0 amide bonds. The van der Waals surface area contributed by atoms with E-state index in [0.717, 1.165) is 12.8 Å². The van der Waals surface area contributed by atoms with Crippen LogP contribution in [0.3, 0.4) is 0 Å². The summed E-state index contributed by atoms with van der Waals surface area (Å²) in [5.74, 6) is 0.533. The fourth-order valence-electron chi connectivity index (χ4n) is 1.38. The lowest BCUT2D eigenvalue weighted by Gasteiger charge is -2.11. The number of benzene rings is 1. The first-order valence-corrected chi connectivity index (χ1v) is 5.68. The van der Waals surface area contributed by atoms with Gasteiger partial charge < -0.3 is 9.84 Å². The highest BCUT2D eigenvalue weighted by molar-refractivity contribution is 5.35. The Balaban J connectivity index is 2.39. The van der Waals surface area contributed by atoms with E-state index in [2.05, 4.69) is 6.92 Å². The van der Waals surface area contributed by atoms with Crippen molar-refractivity contribution in [2.75, 3.05) is 6.61 Å². The molecule has 5 nitrogen and oxygen atoms in total. The number of nitro groups is 1. The monoisotopic (exact) mass is 239 g/mol. The van der Waals surface area contributed by atoms with Crippen LogP contribution in [0.15, 0.2) is 24.3 Å². The molecule has 1 rings (SSSR count). The number of non-ortho nitro benzene ring substituents is 1. The number of rotatable bonds is 7. The van der Waals surface area contributed by atoms with Gasteiger partial charge >= 0.3 is 0 Å². The molecule has 1 aromatic rings. The molecule has 0 saturated carbocycles. The van der Waals surface area contributed by atoms with Crippen LogP contribution in [0.25, 0.3) is 0 Å². The molecule has 0 unspecified atom stereocenters. The van der Waals surface area contributed by atoms with Crippen molar-refractivity contribution in [3.8, 4) is 5.75 Å². The minimum atomic E-state index is -0.481. The van der Waals surface area contributed by atoms with Gasteiger partial charge in [-0.15, -0.1) is 0 Å². The van der Waals surface area contributed by atoms with Gasteiger partial charge in [0.25, 0.3) is 5.69 Å². The summed E-state index contributed by atoms with van der Waals surface area (Å²) >= 11 is 0. The van der Waals surface area contributed by atoms with Gasteiger partial charge in [0.05, 0.1) is 11.0 Å². The Bertz CT molecular complexity index is 350. The molecule has 0 heterocycles. The van der Waals surface area contributed by atoms with E-state index in [1.807, 2.05) is 0 Å². The summed E-state index contributed by atoms with van der Waals surface area (Å²) in [6, 6.07) is 5.83. The van der Waals surface area contributed by atoms with E-state index in [4.69, 9.17) is 4.74 Å². The Morgan fingerprint density at radius 1 is 1.41 bits per heavy atom. The second-order valence-corrected chi connectivity index (χ2v) is 3.86. The molecule has 1 aromatic carbocycles. The van der Waals surface area contributed by atoms with Crippen molar-refractivity contribution in [2.45, 2.75) is 32.3 Å². The van der Waals surface area contributed by atoms with Gasteiger partial charge in [-0.05, 0) is 18.6 Å². The maximum absolute atomic E-state index is 10.4. The molecule has 0 saturated heterocycles. The van der Waals surface area contributed by atoms with Gasteiger partial charge in [0.1, 0.15) is 12.4 Å². The van der Waals surface area contributed by atoms with Gasteiger partial charge in [0.15, 0.2) is 0 Å². The van der Waals surface area contributed by atoms with Crippen LogP contribution in [0.5, 0.6) is 5.75 Å². The maximum Gasteiger partial charge on any atom is 0.269 e. The Morgan fingerprint density at radius 2 is 2.06 bits per heavy atom. The highest BCUT2D eigenvalue weighted by Gasteiger charge is 2.07. The van der Waals surface area contributed by atoms with Crippen molar-refractivity contribution in [1.82, 2.24) is 0 Å². The molecule has 0 spiro atoms. The van der Waals surface area contributed by atoms with Crippen molar-refractivity contribution in [2.24, 2.45) is 0 Å². The smallest absolute Gasteiger partial charge is 0.269 e. The summed E-state index contributed by atoms with van der Waals surface area (Å²) in [7, 11) is 0. The lowest BCUT2D eigenvalue weighted by molar-refractivity contribution is -0.384. The van der Waals surface area contributed by atoms with E-state index in [1.54, 1.807) is 0 Å². The zero-order valence-corrected chi connectivity index (χ0v) is 9.83. The Labute approximate surface area is 100 Å². The molecular weight excluding hydrogens is 222 g/mol. The predicted octanol–water partition coefficient (Wildman–Crippen LogP) is 2.52. The van der Waals surface area contributed by atoms with Gasteiger partial charge in [-0.25, -0.2) is 0 Å². The van der Waals surface area contributed by atoms with Gasteiger partial charge in [-0.2, -0.15) is 0 Å². The highest BCUT2D eigenvalue weighted by atomic mass is 16.6. The van der Waals surface area contributed by atoms with Gasteiger partial charge in [0, 0.05) is 12.1 Å². The highest BCUT2D eigenvalue weighted by Crippen LogP contribution is 2.17. The second kappa shape index (κ2) is 6.85. The van der Waals surface area contributed by atoms with Crippen molar-refractivity contribution >= 4 is 5.69 Å². The van der Waals surface area contributed by atoms with E-state index in [1.165, 1.54) is 24.3 Å². The van der Waals surface area contributed by atoms with Crippen LogP contribution in [0, 0.1) is 10.1 Å². The summed E-state index contributed by atoms with van der Waals surface area (Å²) in [4.78, 5) is 9.96. The molecular formula is C12H17NO4. The van der Waals surface area contributed by atoms with E-state index < -0.39 is 11.0 Å². The number of hydrogen-bond acceptors (Lipinski definition) is 4. The summed E-state index contributed by atoms with van der Waals surface area (Å²) in [6.45, 7) is 2.28. The van der Waals surface area contributed by atoms with Crippen molar-refractivity contribution < 1.29 is 14.8 Å². The van der Waals surface area contributed by atoms with E-state index in [-0.39, 0.29) is 12.3 Å². The number of ether oxygens (including phenoxy) is 1. The molecule has 0 aliphatic rings. The second-order valence-electron chi connectivity index (χ2n) is 3.86. The van der Waals surface area contributed by atoms with Crippen molar-refractivity contribution in [3.63, 3.8) is 0 Å². The lowest BCUT2D eigenvalue weighted by atomic mass is 10.2. The summed E-state index contributed by atoms with van der Waals surface area (Å²) in [5, 5.41) is 20.0. The van der Waals surface area contributed by atoms with Crippen LogP contribution < -0.4 is 4.74 Å².